The number of hydrogen-bond donors (Lipinski definition) is 1. The van der Waals surface area contributed by atoms with Crippen LogP contribution < -0.4 is 5.56 Å². The van der Waals surface area contributed by atoms with Crippen molar-refractivity contribution >= 4 is 23.0 Å². The molecule has 8 heteroatoms. The van der Waals surface area contributed by atoms with Gasteiger partial charge in [-0.25, -0.2) is 9.78 Å². The van der Waals surface area contributed by atoms with Crippen LogP contribution in [0, 0.1) is 6.92 Å². The van der Waals surface area contributed by atoms with Crippen LogP contribution in [0.5, 0.6) is 0 Å². The van der Waals surface area contributed by atoms with Crippen molar-refractivity contribution in [3.63, 3.8) is 0 Å². The Morgan fingerprint density at radius 2 is 1.90 bits per heavy atom. The van der Waals surface area contributed by atoms with E-state index in [9.17, 15) is 14.4 Å². The Morgan fingerprint density at radius 3 is 2.62 bits per heavy atom. The summed E-state index contributed by atoms with van der Waals surface area (Å²) in [6, 6.07) is 8.88. The summed E-state index contributed by atoms with van der Waals surface area (Å²) in [5.74, 6) is -0.841. The number of ether oxygens (including phenoxy) is 1. The number of amides is 1. The van der Waals surface area contributed by atoms with E-state index in [4.69, 9.17) is 9.15 Å². The van der Waals surface area contributed by atoms with Crippen LogP contribution in [0.1, 0.15) is 47.0 Å². The molecule has 1 N–H and O–H groups in total. The minimum absolute atomic E-state index is 0.0123. The number of aryl methyl sites for hydroxylation is 1. The van der Waals surface area contributed by atoms with E-state index in [0.29, 0.717) is 18.7 Å². The van der Waals surface area contributed by atoms with Gasteiger partial charge in [-0.1, -0.05) is 30.3 Å². The lowest BCUT2D eigenvalue weighted by atomic mass is 10.1. The van der Waals surface area contributed by atoms with Crippen molar-refractivity contribution < 1.29 is 18.7 Å². The van der Waals surface area contributed by atoms with Gasteiger partial charge in [0.1, 0.15) is 16.7 Å². The number of fused-ring (bicyclic) bond motifs is 1. The molecule has 0 saturated carbocycles. The Labute approximate surface area is 166 Å². The van der Waals surface area contributed by atoms with Crippen LogP contribution in [-0.2, 0) is 9.53 Å². The molecule has 1 aliphatic heterocycles. The highest BCUT2D eigenvalue weighted by molar-refractivity contribution is 6.04. The van der Waals surface area contributed by atoms with Gasteiger partial charge in [0.05, 0.1) is 6.33 Å². The summed E-state index contributed by atoms with van der Waals surface area (Å²) in [5, 5.41) is 0.0206. The van der Waals surface area contributed by atoms with E-state index in [1.54, 1.807) is 36.1 Å². The third-order valence-electron chi connectivity index (χ3n) is 5.09. The van der Waals surface area contributed by atoms with E-state index in [1.165, 1.54) is 6.33 Å². The van der Waals surface area contributed by atoms with Gasteiger partial charge < -0.3 is 19.0 Å². The highest BCUT2D eigenvalue weighted by Gasteiger charge is 2.33. The highest BCUT2D eigenvalue weighted by atomic mass is 16.5. The summed E-state index contributed by atoms with van der Waals surface area (Å²) in [6.07, 6.45) is 3.04. The van der Waals surface area contributed by atoms with E-state index in [-0.39, 0.29) is 28.3 Å². The van der Waals surface area contributed by atoms with Crippen molar-refractivity contribution in [2.45, 2.75) is 32.3 Å². The number of nitrogens with one attached hydrogen (secondary N) is 1. The molecule has 1 atom stereocenters. The molecule has 1 aromatic carbocycles. The van der Waals surface area contributed by atoms with Crippen molar-refractivity contribution in [1.29, 1.82) is 0 Å². The van der Waals surface area contributed by atoms with Gasteiger partial charge in [0.15, 0.2) is 0 Å². The quantitative estimate of drug-likeness (QED) is 0.681. The lowest BCUT2D eigenvalue weighted by Gasteiger charge is -2.30. The number of H-pyrrole nitrogens is 1. The smallest absolute Gasteiger partial charge is 0.343 e. The van der Waals surface area contributed by atoms with Gasteiger partial charge in [-0.3, -0.25) is 9.59 Å². The molecule has 150 valence electrons. The monoisotopic (exact) mass is 395 g/mol. The van der Waals surface area contributed by atoms with Crippen LogP contribution in [0.25, 0.3) is 11.1 Å². The van der Waals surface area contributed by atoms with E-state index < -0.39 is 17.6 Å². The Kier molecular flexibility index (Phi) is 5.16. The number of likely N-dealkylation sites (tertiary alicyclic amines) is 1. The van der Waals surface area contributed by atoms with Gasteiger partial charge in [-0.05, 0) is 26.2 Å². The van der Waals surface area contributed by atoms with Gasteiger partial charge >= 0.3 is 5.97 Å². The van der Waals surface area contributed by atoms with Crippen LogP contribution >= 0.6 is 0 Å². The van der Waals surface area contributed by atoms with Crippen molar-refractivity contribution in [3.05, 3.63) is 63.9 Å². The second kappa shape index (κ2) is 7.90. The third-order valence-corrected chi connectivity index (χ3v) is 5.09. The van der Waals surface area contributed by atoms with Crippen LogP contribution in [0.4, 0.5) is 0 Å². The number of furan rings is 1. The summed E-state index contributed by atoms with van der Waals surface area (Å²) in [5.41, 5.74) is 0.116. The fourth-order valence-corrected chi connectivity index (χ4v) is 3.63. The minimum atomic E-state index is -1.10. The van der Waals surface area contributed by atoms with Gasteiger partial charge in [-0.2, -0.15) is 0 Å². The summed E-state index contributed by atoms with van der Waals surface area (Å²) in [6.45, 7) is 2.83. The van der Waals surface area contributed by atoms with Crippen LogP contribution in [0.15, 0.2) is 45.9 Å². The molecular formula is C21H21N3O5. The van der Waals surface area contributed by atoms with Gasteiger partial charge in [-0.15, -0.1) is 0 Å². The molecule has 0 unspecified atom stereocenters. The van der Waals surface area contributed by atoms with Crippen molar-refractivity contribution in [2.75, 3.05) is 13.1 Å². The summed E-state index contributed by atoms with van der Waals surface area (Å²) in [4.78, 5) is 46.5. The molecule has 0 spiro atoms. The number of aromatic nitrogens is 2. The van der Waals surface area contributed by atoms with E-state index in [0.717, 1.165) is 19.3 Å². The topological polar surface area (TPSA) is 106 Å². The maximum absolute atomic E-state index is 13.2. The van der Waals surface area contributed by atoms with Crippen LogP contribution in [0.3, 0.4) is 0 Å². The summed E-state index contributed by atoms with van der Waals surface area (Å²) >= 11 is 0. The number of nitrogens with zero attached hydrogens (tertiary/aromatic N) is 2. The second-order valence-corrected chi connectivity index (χ2v) is 7.03. The SMILES string of the molecule is Cc1oc2nc[nH]c(=O)c2c1C(=O)O[C@H](C(=O)N1CCCCC1)c1ccccc1. The predicted octanol–water partition coefficient (Wildman–Crippen LogP) is 2.74. The molecule has 1 amide bonds. The predicted molar refractivity (Wildman–Crippen MR) is 104 cm³/mol. The molecule has 3 heterocycles. The molecule has 4 rings (SSSR count). The van der Waals surface area contributed by atoms with Crippen molar-refractivity contribution in [3.8, 4) is 0 Å². The molecule has 1 aliphatic rings. The Hall–Kier alpha value is -3.42. The first kappa shape index (κ1) is 18.9. The highest BCUT2D eigenvalue weighted by Crippen LogP contribution is 2.27. The molecule has 0 radical (unpaired) electrons. The summed E-state index contributed by atoms with van der Waals surface area (Å²) in [7, 11) is 0. The molecule has 0 bridgehead atoms. The first-order valence-electron chi connectivity index (χ1n) is 9.58. The summed E-state index contributed by atoms with van der Waals surface area (Å²) < 4.78 is 11.1. The zero-order valence-corrected chi connectivity index (χ0v) is 16.0. The molecule has 0 aliphatic carbocycles. The van der Waals surface area contributed by atoms with Crippen LogP contribution in [-0.4, -0.2) is 39.8 Å². The van der Waals surface area contributed by atoms with Gasteiger partial charge in [0.2, 0.25) is 11.8 Å². The number of benzene rings is 1. The number of hydrogen-bond acceptors (Lipinski definition) is 6. The molecule has 8 nitrogen and oxygen atoms in total. The molecule has 3 aromatic rings. The Balaban J connectivity index is 1.70. The molecule has 29 heavy (non-hydrogen) atoms. The number of aromatic amines is 1. The zero-order valence-electron chi connectivity index (χ0n) is 16.0. The van der Waals surface area contributed by atoms with Crippen molar-refractivity contribution in [2.24, 2.45) is 0 Å². The average Bonchev–Trinajstić information content (AvgIpc) is 3.10. The lowest BCUT2D eigenvalue weighted by Crippen LogP contribution is -2.40. The lowest BCUT2D eigenvalue weighted by molar-refractivity contribution is -0.142. The molecule has 1 fully saturated rings. The molecule has 2 aromatic heterocycles. The molecule has 1 saturated heterocycles. The number of esters is 1. The maximum atomic E-state index is 13.2. The first-order valence-corrected chi connectivity index (χ1v) is 9.58. The number of carbonyl (C=O) groups excluding carboxylic acids is 2. The average molecular weight is 395 g/mol. The minimum Gasteiger partial charge on any atom is -0.444 e. The Bertz CT molecular complexity index is 1100. The standard InChI is InChI=1S/C21H21N3O5/c1-13-15(16-18(25)22-12-23-19(16)28-13)21(27)29-17(14-8-4-2-5-9-14)20(26)24-10-6-3-7-11-24/h2,4-5,8-9,12,17H,3,6-7,10-11H2,1H3,(H,22,23,25)/t17-/m0/s1. The number of carbonyl (C=O) groups is 2. The van der Waals surface area contributed by atoms with Crippen molar-refractivity contribution in [1.82, 2.24) is 14.9 Å². The zero-order chi connectivity index (χ0) is 20.4. The number of piperidine rings is 1. The molecular weight excluding hydrogens is 374 g/mol. The Morgan fingerprint density at radius 1 is 1.17 bits per heavy atom. The maximum Gasteiger partial charge on any atom is 0.343 e. The van der Waals surface area contributed by atoms with E-state index in [2.05, 4.69) is 9.97 Å². The van der Waals surface area contributed by atoms with Crippen LogP contribution in [0.2, 0.25) is 0 Å². The van der Waals surface area contributed by atoms with Gasteiger partial charge in [0.25, 0.3) is 11.5 Å². The third kappa shape index (κ3) is 3.65. The largest absolute Gasteiger partial charge is 0.444 e. The second-order valence-electron chi connectivity index (χ2n) is 7.03. The fourth-order valence-electron chi connectivity index (χ4n) is 3.63. The van der Waals surface area contributed by atoms with E-state index >= 15 is 0 Å². The fraction of sp³-hybridized carbons (Fsp3) is 0.333. The first-order chi connectivity index (χ1) is 14.1. The van der Waals surface area contributed by atoms with Gasteiger partial charge in [0, 0.05) is 18.7 Å². The number of rotatable bonds is 4. The normalized spacial score (nSPS) is 15.3. The van der Waals surface area contributed by atoms with E-state index in [1.807, 2.05) is 6.07 Å².